The van der Waals surface area contributed by atoms with Crippen molar-refractivity contribution in [3.05, 3.63) is 55.1 Å². The van der Waals surface area contributed by atoms with Crippen LogP contribution in [-0.2, 0) is 5.54 Å². The predicted molar refractivity (Wildman–Crippen MR) is 112 cm³/mol. The SMILES string of the molecule is N#CCC1(n2ccc(-c3nc(-c4ccnnc4)cc4ncccc34)n2)CN(CC(F)(F)F)C1. The van der Waals surface area contributed by atoms with E-state index in [9.17, 15) is 18.4 Å². The Balaban J connectivity index is 1.53. The van der Waals surface area contributed by atoms with Crippen LogP contribution in [-0.4, -0.2) is 60.7 Å². The van der Waals surface area contributed by atoms with Gasteiger partial charge < -0.3 is 0 Å². The average Bonchev–Trinajstić information content (AvgIpc) is 3.27. The van der Waals surface area contributed by atoms with Crippen LogP contribution in [0.25, 0.3) is 33.5 Å². The number of hydrogen-bond acceptors (Lipinski definition) is 7. The van der Waals surface area contributed by atoms with Crippen molar-refractivity contribution in [2.24, 2.45) is 0 Å². The van der Waals surface area contributed by atoms with E-state index < -0.39 is 18.3 Å². The highest BCUT2D eigenvalue weighted by Gasteiger charge is 2.48. The van der Waals surface area contributed by atoms with Crippen molar-refractivity contribution in [3.63, 3.8) is 0 Å². The second kappa shape index (κ2) is 7.90. The zero-order valence-corrected chi connectivity index (χ0v) is 17.2. The van der Waals surface area contributed by atoms with Crippen molar-refractivity contribution in [2.75, 3.05) is 19.6 Å². The molecule has 33 heavy (non-hydrogen) atoms. The fraction of sp³-hybridized carbons (Fsp3) is 0.273. The lowest BCUT2D eigenvalue weighted by atomic mass is 9.87. The molecule has 4 aromatic rings. The second-order valence-corrected chi connectivity index (χ2v) is 8.02. The normalized spacial score (nSPS) is 15.8. The number of fused-ring (bicyclic) bond motifs is 1. The van der Waals surface area contributed by atoms with E-state index in [1.54, 1.807) is 47.7 Å². The van der Waals surface area contributed by atoms with Crippen molar-refractivity contribution in [2.45, 2.75) is 18.1 Å². The van der Waals surface area contributed by atoms with Crippen LogP contribution in [0.15, 0.2) is 55.1 Å². The first-order valence-electron chi connectivity index (χ1n) is 10.1. The number of halogens is 3. The average molecular weight is 450 g/mol. The second-order valence-electron chi connectivity index (χ2n) is 8.02. The highest BCUT2D eigenvalue weighted by atomic mass is 19.4. The van der Waals surface area contributed by atoms with E-state index in [2.05, 4.69) is 26.3 Å². The molecule has 0 aliphatic carbocycles. The molecule has 1 aliphatic rings. The van der Waals surface area contributed by atoms with Crippen LogP contribution in [0.1, 0.15) is 6.42 Å². The maximum Gasteiger partial charge on any atom is 0.401 e. The Hall–Kier alpha value is -3.91. The largest absolute Gasteiger partial charge is 0.401 e. The van der Waals surface area contributed by atoms with Gasteiger partial charge in [0, 0.05) is 36.4 Å². The Labute approximate surface area is 186 Å². The fourth-order valence-corrected chi connectivity index (χ4v) is 4.21. The molecule has 0 bridgehead atoms. The first-order chi connectivity index (χ1) is 15.9. The van der Waals surface area contributed by atoms with Crippen LogP contribution in [0, 0.1) is 11.3 Å². The number of hydrogen-bond donors (Lipinski definition) is 0. The molecular formula is C22H17F3N8. The summed E-state index contributed by atoms with van der Waals surface area (Å²) < 4.78 is 39.9. The Kier molecular flexibility index (Phi) is 5.02. The van der Waals surface area contributed by atoms with Crippen molar-refractivity contribution in [1.29, 1.82) is 5.26 Å². The van der Waals surface area contributed by atoms with Crippen LogP contribution in [0.4, 0.5) is 13.2 Å². The first kappa shape index (κ1) is 21.0. The lowest BCUT2D eigenvalue weighted by Crippen LogP contribution is -2.64. The molecule has 1 aliphatic heterocycles. The van der Waals surface area contributed by atoms with Crippen LogP contribution in [0.5, 0.6) is 0 Å². The predicted octanol–water partition coefficient (Wildman–Crippen LogP) is 3.44. The van der Waals surface area contributed by atoms with Crippen LogP contribution < -0.4 is 0 Å². The van der Waals surface area contributed by atoms with Crippen LogP contribution >= 0.6 is 0 Å². The molecular weight excluding hydrogens is 433 g/mol. The van der Waals surface area contributed by atoms with Gasteiger partial charge in [-0.15, -0.1) is 0 Å². The summed E-state index contributed by atoms with van der Waals surface area (Å²) in [6.45, 7) is -0.812. The van der Waals surface area contributed by atoms with E-state index in [0.29, 0.717) is 17.1 Å². The molecule has 0 atom stereocenters. The molecule has 5 rings (SSSR count). The van der Waals surface area contributed by atoms with E-state index in [-0.39, 0.29) is 19.5 Å². The molecule has 0 N–H and O–H groups in total. The lowest BCUT2D eigenvalue weighted by molar-refractivity contribution is -0.167. The molecule has 0 radical (unpaired) electrons. The number of aromatic nitrogens is 6. The standard InChI is InChI=1S/C22H17F3N8/c23-22(24,25)14-32-12-21(13-32,5-6-26)33-9-4-17(31-33)20-16-2-1-7-27-19(16)10-18(30-20)15-3-8-28-29-11-15/h1-4,7-11H,5,12-14H2. The zero-order valence-electron chi connectivity index (χ0n) is 17.2. The van der Waals surface area contributed by atoms with Crippen molar-refractivity contribution in [1.82, 2.24) is 34.8 Å². The van der Waals surface area contributed by atoms with E-state index in [1.165, 1.54) is 4.90 Å². The number of pyridine rings is 2. The Morgan fingerprint density at radius 1 is 1.09 bits per heavy atom. The maximum absolute atomic E-state index is 12.8. The number of rotatable bonds is 5. The summed E-state index contributed by atoms with van der Waals surface area (Å²) >= 11 is 0. The van der Waals surface area contributed by atoms with Gasteiger partial charge in [-0.05, 0) is 30.3 Å². The molecule has 5 heterocycles. The molecule has 166 valence electrons. The molecule has 1 saturated heterocycles. The summed E-state index contributed by atoms with van der Waals surface area (Å²) in [6.07, 6.45) is 2.33. The summed E-state index contributed by atoms with van der Waals surface area (Å²) in [7, 11) is 0. The van der Waals surface area contributed by atoms with Gasteiger partial charge in [0.2, 0.25) is 0 Å². The Morgan fingerprint density at radius 3 is 2.67 bits per heavy atom. The number of likely N-dealkylation sites (tertiary alicyclic amines) is 1. The molecule has 0 aromatic carbocycles. The van der Waals surface area contributed by atoms with Gasteiger partial charge in [-0.1, -0.05) is 0 Å². The van der Waals surface area contributed by atoms with Gasteiger partial charge in [-0.3, -0.25) is 14.6 Å². The Morgan fingerprint density at radius 2 is 1.94 bits per heavy atom. The quantitative estimate of drug-likeness (QED) is 0.460. The summed E-state index contributed by atoms with van der Waals surface area (Å²) in [5, 5.41) is 22.4. The van der Waals surface area contributed by atoms with E-state index in [4.69, 9.17) is 4.98 Å². The van der Waals surface area contributed by atoms with E-state index >= 15 is 0 Å². The molecule has 11 heteroatoms. The minimum Gasteiger partial charge on any atom is -0.290 e. The molecule has 1 fully saturated rings. The van der Waals surface area contributed by atoms with Gasteiger partial charge in [0.15, 0.2) is 0 Å². The highest BCUT2D eigenvalue weighted by molar-refractivity contribution is 5.93. The number of alkyl halides is 3. The highest BCUT2D eigenvalue weighted by Crippen LogP contribution is 2.36. The first-order valence-corrected chi connectivity index (χ1v) is 10.1. The summed E-state index contributed by atoms with van der Waals surface area (Å²) in [4.78, 5) is 10.5. The summed E-state index contributed by atoms with van der Waals surface area (Å²) in [5.41, 5.74) is 2.45. The minimum atomic E-state index is -4.29. The third-order valence-corrected chi connectivity index (χ3v) is 5.64. The molecule has 0 amide bonds. The molecule has 0 spiro atoms. The van der Waals surface area contributed by atoms with Gasteiger partial charge >= 0.3 is 6.18 Å². The van der Waals surface area contributed by atoms with E-state index in [1.807, 2.05) is 12.1 Å². The molecule has 0 unspecified atom stereocenters. The topological polar surface area (TPSA) is 96.4 Å². The van der Waals surface area contributed by atoms with Gasteiger partial charge in [0.05, 0.1) is 42.6 Å². The van der Waals surface area contributed by atoms with Crippen LogP contribution in [0.3, 0.4) is 0 Å². The van der Waals surface area contributed by atoms with Gasteiger partial charge in [-0.2, -0.15) is 33.7 Å². The smallest absolute Gasteiger partial charge is 0.290 e. The summed E-state index contributed by atoms with van der Waals surface area (Å²) in [6, 6.07) is 11.2. The fourth-order valence-electron chi connectivity index (χ4n) is 4.21. The monoisotopic (exact) mass is 450 g/mol. The summed E-state index contributed by atoms with van der Waals surface area (Å²) in [5.74, 6) is 0. The van der Waals surface area contributed by atoms with Crippen molar-refractivity contribution in [3.8, 4) is 28.7 Å². The Bertz CT molecular complexity index is 1340. The third-order valence-electron chi connectivity index (χ3n) is 5.64. The van der Waals surface area contributed by atoms with Crippen LogP contribution in [0.2, 0.25) is 0 Å². The zero-order chi connectivity index (χ0) is 23.1. The number of nitrogens with zero attached hydrogens (tertiary/aromatic N) is 8. The van der Waals surface area contributed by atoms with Gasteiger partial charge in [0.1, 0.15) is 16.9 Å². The molecule has 4 aromatic heterocycles. The van der Waals surface area contributed by atoms with E-state index in [0.717, 1.165) is 16.5 Å². The molecule has 8 nitrogen and oxygen atoms in total. The van der Waals surface area contributed by atoms with Crippen molar-refractivity contribution < 1.29 is 13.2 Å². The minimum absolute atomic E-state index is 0.0565. The van der Waals surface area contributed by atoms with Gasteiger partial charge in [-0.25, -0.2) is 4.98 Å². The van der Waals surface area contributed by atoms with Gasteiger partial charge in [0.25, 0.3) is 0 Å². The maximum atomic E-state index is 12.8. The molecule has 0 saturated carbocycles. The number of nitriles is 1. The van der Waals surface area contributed by atoms with Crippen molar-refractivity contribution >= 4 is 10.9 Å². The third kappa shape index (κ3) is 4.01. The lowest BCUT2D eigenvalue weighted by Gasteiger charge is -2.49.